The van der Waals surface area contributed by atoms with Crippen LogP contribution < -0.4 is 0 Å². The van der Waals surface area contributed by atoms with Gasteiger partial charge in [0.25, 0.3) is 0 Å². The van der Waals surface area contributed by atoms with E-state index in [0.717, 1.165) is 66.7 Å². The normalized spacial score (nSPS) is 12.6. The molecule has 0 fully saturated rings. The third-order valence-corrected chi connectivity index (χ3v) is 16.0. The molecule has 0 N–H and O–H groups in total. The van der Waals surface area contributed by atoms with Crippen LogP contribution in [0.5, 0.6) is 0 Å². The fraction of sp³-hybridized carbons (Fsp3) is 0.0417. The molecule has 1 aliphatic carbocycles. The van der Waals surface area contributed by atoms with Gasteiger partial charge in [0.05, 0.1) is 27.8 Å². The van der Waals surface area contributed by atoms with Crippen LogP contribution in [0.1, 0.15) is 25.0 Å². The highest BCUT2D eigenvalue weighted by Crippen LogP contribution is 2.52. The molecule has 0 unspecified atom stereocenters. The highest BCUT2D eigenvalue weighted by atomic mass is 15.1. The van der Waals surface area contributed by atoms with Gasteiger partial charge in [0.2, 0.25) is 0 Å². The van der Waals surface area contributed by atoms with Crippen LogP contribution >= 0.6 is 0 Å². The van der Waals surface area contributed by atoms with Crippen molar-refractivity contribution in [3.8, 4) is 90.0 Å². The molecular weight excluding hydrogens is 935 g/mol. The zero-order chi connectivity index (χ0) is 51.2. The Kier molecular flexibility index (Phi) is 10.2. The molecule has 0 atom stereocenters. The highest BCUT2D eigenvalue weighted by molar-refractivity contribution is 6.22. The van der Waals surface area contributed by atoms with E-state index in [9.17, 15) is 0 Å². The molecule has 15 rings (SSSR count). The summed E-state index contributed by atoms with van der Waals surface area (Å²) >= 11 is 0. The standard InChI is InChI=1S/C72H49N5/c1-72(2)60-34-15-12-27-52(60)55-32-18-33-59(68(55)72)71-74-69(49-41-39-48(40-42-49)46-21-6-3-7-22-46)73-70(75-71)58-29-14-17-36-62(58)77-64-38-20-31-54(67(64)57-44-43-50(45-65(57)77)47-23-8-4-9-24-47)53-30-19-37-63-66(53)56-28-13-16-35-61(56)76(63)51-25-10-5-11-26-51/h3-45H,1-2H3. The van der Waals surface area contributed by atoms with E-state index in [1.807, 2.05) is 0 Å². The summed E-state index contributed by atoms with van der Waals surface area (Å²) in [6, 6.07) is 93.9. The van der Waals surface area contributed by atoms with Crippen LogP contribution in [0.3, 0.4) is 0 Å². The Morgan fingerprint density at radius 2 is 0.766 bits per heavy atom. The second-order valence-corrected chi connectivity index (χ2v) is 20.7. The fourth-order valence-electron chi connectivity index (χ4n) is 12.5. The second kappa shape index (κ2) is 17.6. The van der Waals surface area contributed by atoms with Crippen LogP contribution in [0.2, 0.25) is 0 Å². The maximum atomic E-state index is 5.58. The average molecular weight is 984 g/mol. The number of nitrogens with zero attached hydrogens (tertiary/aromatic N) is 5. The number of hydrogen-bond donors (Lipinski definition) is 0. The van der Waals surface area contributed by atoms with Crippen molar-refractivity contribution in [2.45, 2.75) is 19.3 Å². The summed E-state index contributed by atoms with van der Waals surface area (Å²) in [6.07, 6.45) is 0. The summed E-state index contributed by atoms with van der Waals surface area (Å²) in [7, 11) is 0. The molecule has 11 aromatic carbocycles. The zero-order valence-corrected chi connectivity index (χ0v) is 42.6. The van der Waals surface area contributed by atoms with Crippen LogP contribution in [-0.2, 0) is 5.41 Å². The smallest absolute Gasteiger partial charge is 0.166 e. The predicted octanol–water partition coefficient (Wildman–Crippen LogP) is 18.4. The van der Waals surface area contributed by atoms with Gasteiger partial charge in [-0.05, 0) is 104 Å². The average Bonchev–Trinajstić information content (AvgIpc) is 4.21. The minimum atomic E-state index is -0.289. The third kappa shape index (κ3) is 7.04. The minimum Gasteiger partial charge on any atom is -0.309 e. The maximum absolute atomic E-state index is 5.58. The first kappa shape index (κ1) is 44.5. The third-order valence-electron chi connectivity index (χ3n) is 16.0. The van der Waals surface area contributed by atoms with Gasteiger partial charge in [-0.15, -0.1) is 0 Å². The van der Waals surface area contributed by atoms with E-state index in [-0.39, 0.29) is 5.41 Å². The molecule has 5 nitrogen and oxygen atoms in total. The van der Waals surface area contributed by atoms with Crippen molar-refractivity contribution in [1.29, 1.82) is 0 Å². The lowest BCUT2D eigenvalue weighted by atomic mass is 9.80. The molecule has 5 heteroatoms. The first-order chi connectivity index (χ1) is 38.0. The summed E-state index contributed by atoms with van der Waals surface area (Å²) in [5, 5.41) is 4.78. The summed E-state index contributed by atoms with van der Waals surface area (Å²) in [4.78, 5) is 16.5. The molecule has 77 heavy (non-hydrogen) atoms. The minimum absolute atomic E-state index is 0.289. The maximum Gasteiger partial charge on any atom is 0.166 e. The van der Waals surface area contributed by atoms with Crippen molar-refractivity contribution in [2.24, 2.45) is 0 Å². The van der Waals surface area contributed by atoms with E-state index in [0.29, 0.717) is 17.5 Å². The van der Waals surface area contributed by atoms with Gasteiger partial charge in [-0.1, -0.05) is 226 Å². The van der Waals surface area contributed by atoms with Gasteiger partial charge < -0.3 is 9.13 Å². The molecule has 0 radical (unpaired) electrons. The van der Waals surface area contributed by atoms with E-state index in [2.05, 4.69) is 284 Å². The lowest BCUT2D eigenvalue weighted by Crippen LogP contribution is -2.17. The van der Waals surface area contributed by atoms with Crippen molar-refractivity contribution in [2.75, 3.05) is 0 Å². The number of fused-ring (bicyclic) bond motifs is 9. The van der Waals surface area contributed by atoms with Gasteiger partial charge in [-0.3, -0.25) is 0 Å². The van der Waals surface area contributed by atoms with Crippen molar-refractivity contribution in [3.63, 3.8) is 0 Å². The molecule has 0 amide bonds. The summed E-state index contributed by atoms with van der Waals surface area (Å²) in [6.45, 7) is 4.65. The molecule has 14 aromatic rings. The molecule has 0 spiro atoms. The molecule has 362 valence electrons. The van der Waals surface area contributed by atoms with Crippen molar-refractivity contribution < 1.29 is 0 Å². The number of aromatic nitrogens is 5. The molecule has 3 heterocycles. The lowest BCUT2D eigenvalue weighted by Gasteiger charge is -2.24. The summed E-state index contributed by atoms with van der Waals surface area (Å²) < 4.78 is 4.85. The van der Waals surface area contributed by atoms with Gasteiger partial charge in [-0.2, -0.15) is 0 Å². The van der Waals surface area contributed by atoms with Gasteiger partial charge >= 0.3 is 0 Å². The number of rotatable bonds is 8. The monoisotopic (exact) mass is 983 g/mol. The largest absolute Gasteiger partial charge is 0.309 e. The first-order valence-corrected chi connectivity index (χ1v) is 26.4. The van der Waals surface area contributed by atoms with Crippen molar-refractivity contribution >= 4 is 43.6 Å². The van der Waals surface area contributed by atoms with Gasteiger partial charge in [0.1, 0.15) is 0 Å². The quantitative estimate of drug-likeness (QED) is 0.152. The summed E-state index contributed by atoms with van der Waals surface area (Å²) in [5.41, 5.74) is 21.1. The van der Waals surface area contributed by atoms with Crippen LogP contribution in [0.15, 0.2) is 261 Å². The molecule has 0 saturated heterocycles. The highest BCUT2D eigenvalue weighted by Gasteiger charge is 2.38. The Morgan fingerprint density at radius 1 is 0.299 bits per heavy atom. The summed E-state index contributed by atoms with van der Waals surface area (Å²) in [5.74, 6) is 1.86. The van der Waals surface area contributed by atoms with Gasteiger partial charge in [0.15, 0.2) is 17.5 Å². The lowest BCUT2D eigenvalue weighted by molar-refractivity contribution is 0.661. The predicted molar refractivity (Wildman–Crippen MR) is 319 cm³/mol. The Bertz CT molecular complexity index is 4630. The molecule has 1 aliphatic rings. The molecule has 0 bridgehead atoms. The number of para-hydroxylation sites is 3. The topological polar surface area (TPSA) is 48.5 Å². The molecule has 3 aromatic heterocycles. The SMILES string of the molecule is CC1(C)c2ccccc2-c2cccc(-c3nc(-c4ccc(-c5ccccc5)cc4)nc(-c4ccccc4-n4c5cc(-c6ccccc6)ccc5c5c(-c6cccc7c6c6ccccc6n7-c6ccccc6)cccc54)n3)c21. The Balaban J connectivity index is 0.987. The zero-order valence-electron chi connectivity index (χ0n) is 42.6. The van der Waals surface area contributed by atoms with E-state index in [1.54, 1.807) is 0 Å². The van der Waals surface area contributed by atoms with Gasteiger partial charge in [0, 0.05) is 49.3 Å². The Hall–Kier alpha value is -9.97. The molecule has 0 aliphatic heterocycles. The van der Waals surface area contributed by atoms with Crippen LogP contribution in [0.4, 0.5) is 0 Å². The first-order valence-electron chi connectivity index (χ1n) is 26.4. The Labute approximate surface area is 446 Å². The van der Waals surface area contributed by atoms with Crippen LogP contribution in [0.25, 0.3) is 134 Å². The van der Waals surface area contributed by atoms with Crippen molar-refractivity contribution in [1.82, 2.24) is 24.1 Å². The Morgan fingerprint density at radius 3 is 1.49 bits per heavy atom. The van der Waals surface area contributed by atoms with Crippen molar-refractivity contribution in [3.05, 3.63) is 272 Å². The molecule has 0 saturated carbocycles. The van der Waals surface area contributed by atoms with E-state index < -0.39 is 0 Å². The fourth-order valence-corrected chi connectivity index (χ4v) is 12.5. The van der Waals surface area contributed by atoms with Crippen LogP contribution in [-0.4, -0.2) is 24.1 Å². The number of hydrogen-bond acceptors (Lipinski definition) is 3. The second-order valence-electron chi connectivity index (χ2n) is 20.7. The van der Waals surface area contributed by atoms with Crippen LogP contribution in [0, 0.1) is 0 Å². The molecular formula is C72H49N5. The van der Waals surface area contributed by atoms with E-state index in [4.69, 9.17) is 15.0 Å². The number of benzene rings is 11. The van der Waals surface area contributed by atoms with E-state index in [1.165, 1.54) is 60.6 Å². The van der Waals surface area contributed by atoms with E-state index >= 15 is 0 Å². The van der Waals surface area contributed by atoms with Gasteiger partial charge in [-0.25, -0.2) is 15.0 Å².